The molecule has 8 nitrogen and oxygen atoms in total. The van der Waals surface area contributed by atoms with E-state index in [9.17, 15) is 18.0 Å². The van der Waals surface area contributed by atoms with Crippen LogP contribution < -0.4 is 15.8 Å². The van der Waals surface area contributed by atoms with Crippen LogP contribution in [0.25, 0.3) is 0 Å². The lowest BCUT2D eigenvalue weighted by Gasteiger charge is -2.14. The first-order valence-corrected chi connectivity index (χ1v) is 10.8. The summed E-state index contributed by atoms with van der Waals surface area (Å²) in [7, 11) is 0. The first kappa shape index (κ1) is 28.1. The van der Waals surface area contributed by atoms with Gasteiger partial charge in [-0.1, -0.05) is 6.07 Å². The number of esters is 1. The number of aryl methyl sites for hydroxylation is 1. The molecule has 1 unspecified atom stereocenters. The number of carbonyl (C=O) groups is 2. The topological polar surface area (TPSA) is 135 Å². The molecule has 0 aromatic heterocycles. The number of aliphatic carboxylic acids is 1. The molecule has 0 saturated heterocycles. The zero-order valence-corrected chi connectivity index (χ0v) is 18.7. The minimum absolute atomic E-state index is 0.0120. The van der Waals surface area contributed by atoms with Gasteiger partial charge in [0, 0.05) is 13.0 Å². The second-order valence-electron chi connectivity index (χ2n) is 7.60. The summed E-state index contributed by atoms with van der Waals surface area (Å²) in [5.74, 6) is -1.55. The number of alkyl halides is 3. The first-order chi connectivity index (χ1) is 15.5. The van der Waals surface area contributed by atoms with Crippen molar-refractivity contribution in [2.45, 2.75) is 58.0 Å². The average Bonchev–Trinajstić information content (AvgIpc) is 2.91. The van der Waals surface area contributed by atoms with E-state index in [1.807, 2.05) is 13.0 Å². The third-order valence-corrected chi connectivity index (χ3v) is 4.90. The molecule has 0 radical (unpaired) electrons. The second kappa shape index (κ2) is 14.2. The predicted octanol–water partition coefficient (Wildman–Crippen LogP) is 3.41. The van der Waals surface area contributed by atoms with Crippen LogP contribution in [0.3, 0.4) is 0 Å². The summed E-state index contributed by atoms with van der Waals surface area (Å²) < 4.78 is 42.7. The molecule has 1 aromatic carbocycles. The maximum Gasteiger partial charge on any atom is 0.490 e. The zero-order chi connectivity index (χ0) is 24.9. The van der Waals surface area contributed by atoms with Crippen LogP contribution in [0.1, 0.15) is 50.2 Å². The van der Waals surface area contributed by atoms with E-state index in [1.165, 1.54) is 11.1 Å². The van der Waals surface area contributed by atoms with E-state index in [4.69, 9.17) is 30.5 Å². The SMILES string of the molecule is CCOC(=O)CC1CCCc2cc(OCCCCNC(=N)N)ccc2C1.O=C(O)C(F)(F)F. The van der Waals surface area contributed by atoms with Crippen molar-refractivity contribution in [3.63, 3.8) is 0 Å². The van der Waals surface area contributed by atoms with E-state index < -0.39 is 12.1 Å². The van der Waals surface area contributed by atoms with E-state index >= 15 is 0 Å². The first-order valence-electron chi connectivity index (χ1n) is 10.8. The quantitative estimate of drug-likeness (QED) is 0.141. The van der Waals surface area contributed by atoms with Gasteiger partial charge in [-0.25, -0.2) is 4.79 Å². The Bertz CT molecular complexity index is 787. The lowest BCUT2D eigenvalue weighted by molar-refractivity contribution is -0.192. The average molecular weight is 476 g/mol. The van der Waals surface area contributed by atoms with E-state index in [0.29, 0.717) is 32.1 Å². The van der Waals surface area contributed by atoms with Crippen molar-refractivity contribution in [2.24, 2.45) is 11.7 Å². The van der Waals surface area contributed by atoms with Crippen LogP contribution in [0.4, 0.5) is 13.2 Å². The number of rotatable bonds is 9. The molecule has 186 valence electrons. The smallest absolute Gasteiger partial charge is 0.490 e. The van der Waals surface area contributed by atoms with Crippen LogP contribution in [0.15, 0.2) is 18.2 Å². The number of nitrogens with two attached hydrogens (primary N) is 1. The Labute approximate surface area is 191 Å². The summed E-state index contributed by atoms with van der Waals surface area (Å²) in [5.41, 5.74) is 7.91. The lowest BCUT2D eigenvalue weighted by atomic mass is 9.94. The largest absolute Gasteiger partial charge is 0.494 e. The Hall–Kier alpha value is -2.98. The Morgan fingerprint density at radius 3 is 2.58 bits per heavy atom. The highest BCUT2D eigenvalue weighted by Gasteiger charge is 2.38. The number of unbranched alkanes of at least 4 members (excludes halogenated alkanes) is 1. The number of guanidine groups is 1. The van der Waals surface area contributed by atoms with Crippen molar-refractivity contribution < 1.29 is 37.3 Å². The molecule has 0 spiro atoms. The maximum absolute atomic E-state index is 11.8. The summed E-state index contributed by atoms with van der Waals surface area (Å²) in [6.45, 7) is 3.66. The number of fused-ring (bicyclic) bond motifs is 1. The van der Waals surface area contributed by atoms with Crippen molar-refractivity contribution in [1.29, 1.82) is 5.41 Å². The second-order valence-corrected chi connectivity index (χ2v) is 7.60. The van der Waals surface area contributed by atoms with Gasteiger partial charge < -0.3 is 25.6 Å². The molecule has 1 aliphatic rings. The Balaban J connectivity index is 0.000000675. The van der Waals surface area contributed by atoms with Gasteiger partial charge in [0.2, 0.25) is 0 Å². The number of carboxylic acids is 1. The van der Waals surface area contributed by atoms with Gasteiger partial charge in [0.05, 0.1) is 13.2 Å². The molecule has 0 fully saturated rings. The normalized spacial score (nSPS) is 15.2. The van der Waals surface area contributed by atoms with Crippen LogP contribution >= 0.6 is 0 Å². The highest BCUT2D eigenvalue weighted by Crippen LogP contribution is 2.29. The highest BCUT2D eigenvalue weighted by molar-refractivity contribution is 5.74. The molecule has 2 rings (SSSR count). The molecule has 0 amide bonds. The molecule has 1 aromatic rings. The molecule has 0 aliphatic heterocycles. The summed E-state index contributed by atoms with van der Waals surface area (Å²) in [6.07, 6.45) is 1.39. The van der Waals surface area contributed by atoms with Crippen LogP contribution in [-0.4, -0.2) is 48.9 Å². The Morgan fingerprint density at radius 2 is 1.97 bits per heavy atom. The lowest BCUT2D eigenvalue weighted by Crippen LogP contribution is -2.31. The van der Waals surface area contributed by atoms with Crippen molar-refractivity contribution in [3.05, 3.63) is 29.3 Å². The fourth-order valence-electron chi connectivity index (χ4n) is 3.39. The van der Waals surface area contributed by atoms with E-state index in [2.05, 4.69) is 17.4 Å². The number of carbonyl (C=O) groups excluding carboxylic acids is 1. The van der Waals surface area contributed by atoms with E-state index in [0.717, 1.165) is 44.3 Å². The molecule has 0 saturated carbocycles. The number of hydrogen-bond donors (Lipinski definition) is 4. The zero-order valence-electron chi connectivity index (χ0n) is 18.7. The fourth-order valence-corrected chi connectivity index (χ4v) is 3.39. The van der Waals surface area contributed by atoms with Gasteiger partial charge in [-0.05, 0) is 74.6 Å². The van der Waals surface area contributed by atoms with Crippen molar-refractivity contribution in [2.75, 3.05) is 19.8 Å². The molecular weight excluding hydrogens is 443 g/mol. The summed E-state index contributed by atoms with van der Waals surface area (Å²) in [6, 6.07) is 6.32. The molecule has 0 bridgehead atoms. The standard InChI is InChI=1S/C20H31N3O3.C2HF3O2/c1-2-25-19(24)13-15-6-5-7-16-14-18(9-8-17(16)12-15)26-11-4-3-10-23-20(21)22;3-2(4,5)1(6)7/h8-9,14-15H,2-7,10-13H2,1H3,(H4,21,22,23);(H,6,7). The molecule has 1 aliphatic carbocycles. The van der Waals surface area contributed by atoms with Gasteiger partial charge in [0.1, 0.15) is 5.75 Å². The number of hydrogen-bond acceptors (Lipinski definition) is 5. The van der Waals surface area contributed by atoms with Gasteiger partial charge in [0.25, 0.3) is 0 Å². The molecular formula is C22H32F3N3O5. The summed E-state index contributed by atoms with van der Waals surface area (Å²) >= 11 is 0. The van der Waals surface area contributed by atoms with Gasteiger partial charge in [-0.3, -0.25) is 10.2 Å². The molecule has 33 heavy (non-hydrogen) atoms. The van der Waals surface area contributed by atoms with Crippen molar-refractivity contribution in [3.8, 4) is 5.75 Å². The molecule has 0 heterocycles. The van der Waals surface area contributed by atoms with Crippen LogP contribution in [0.2, 0.25) is 0 Å². The number of benzene rings is 1. The number of carboxylic acid groups (broad SMARTS) is 1. The number of nitrogens with one attached hydrogen (secondary N) is 2. The Morgan fingerprint density at radius 1 is 1.27 bits per heavy atom. The summed E-state index contributed by atoms with van der Waals surface area (Å²) in [4.78, 5) is 20.7. The van der Waals surface area contributed by atoms with E-state index in [1.54, 1.807) is 0 Å². The third-order valence-electron chi connectivity index (χ3n) is 4.90. The Kier molecular flexibility index (Phi) is 12.1. The highest BCUT2D eigenvalue weighted by atomic mass is 19.4. The van der Waals surface area contributed by atoms with Gasteiger partial charge in [0.15, 0.2) is 5.96 Å². The van der Waals surface area contributed by atoms with Crippen LogP contribution in [0, 0.1) is 11.3 Å². The molecule has 11 heteroatoms. The minimum Gasteiger partial charge on any atom is -0.494 e. The predicted molar refractivity (Wildman–Crippen MR) is 116 cm³/mol. The van der Waals surface area contributed by atoms with Gasteiger partial charge in [-0.15, -0.1) is 0 Å². The van der Waals surface area contributed by atoms with Crippen LogP contribution in [0.5, 0.6) is 5.75 Å². The fraction of sp³-hybridized carbons (Fsp3) is 0.591. The summed E-state index contributed by atoms with van der Waals surface area (Å²) in [5, 5.41) is 17.0. The molecule has 1 atom stereocenters. The number of halogens is 3. The maximum atomic E-state index is 11.8. The van der Waals surface area contributed by atoms with Crippen molar-refractivity contribution >= 4 is 17.9 Å². The van der Waals surface area contributed by atoms with Gasteiger partial charge in [-0.2, -0.15) is 13.2 Å². The number of ether oxygens (including phenoxy) is 2. The molecule has 5 N–H and O–H groups in total. The van der Waals surface area contributed by atoms with Gasteiger partial charge >= 0.3 is 18.1 Å². The monoisotopic (exact) mass is 475 g/mol. The van der Waals surface area contributed by atoms with E-state index in [-0.39, 0.29) is 11.9 Å². The minimum atomic E-state index is -5.08. The van der Waals surface area contributed by atoms with Crippen LogP contribution in [-0.2, 0) is 27.2 Å². The third kappa shape index (κ3) is 12.0. The van der Waals surface area contributed by atoms with Crippen molar-refractivity contribution in [1.82, 2.24) is 5.32 Å².